The van der Waals surface area contributed by atoms with Gasteiger partial charge in [0.2, 0.25) is 0 Å². The minimum absolute atomic E-state index is 0.0613. The Hall–Kier alpha value is -0.300. The Morgan fingerprint density at radius 1 is 0.630 bits per heavy atom. The zero-order chi connectivity index (χ0) is 33.9. The van der Waals surface area contributed by atoms with Crippen LogP contribution in [0.2, 0.25) is 0 Å². The summed E-state index contributed by atoms with van der Waals surface area (Å²) in [7, 11) is 2.26. The Morgan fingerprint density at radius 3 is 1.74 bits per heavy atom. The fourth-order valence-electron chi connectivity index (χ4n) is 6.43. The van der Waals surface area contributed by atoms with Crippen LogP contribution >= 0.6 is 11.8 Å². The molecule has 2 N–H and O–H groups in total. The Kier molecular flexibility index (Phi) is 35.8. The number of esters is 1. The first kappa shape index (κ1) is 45.7. The van der Waals surface area contributed by atoms with Gasteiger partial charge >= 0.3 is 5.97 Å². The Labute approximate surface area is 292 Å². The number of nitrogens with zero attached hydrogens (tertiary/aromatic N) is 1. The number of carbonyl (C=O) groups is 1. The van der Waals surface area contributed by atoms with E-state index >= 15 is 0 Å². The summed E-state index contributed by atoms with van der Waals surface area (Å²) in [4.78, 5) is 15.5. The molecule has 0 aromatic rings. The van der Waals surface area contributed by atoms with E-state index in [4.69, 9.17) is 4.74 Å². The van der Waals surface area contributed by atoms with Gasteiger partial charge in [-0.3, -0.25) is 4.79 Å². The average molecular weight is 672 g/mol. The van der Waals surface area contributed by atoms with Crippen LogP contribution in [0, 0.1) is 5.92 Å². The number of hydrogen-bond acceptors (Lipinski definition) is 6. The molecule has 0 saturated carbocycles. The Balaban J connectivity index is 4.37. The largest absolute Gasteiger partial charge is 0.465 e. The third-order valence-corrected chi connectivity index (χ3v) is 10.8. The van der Waals surface area contributed by atoms with Crippen molar-refractivity contribution >= 4 is 17.7 Å². The smallest absolute Gasteiger partial charge is 0.308 e. The molecule has 0 aromatic heterocycles. The summed E-state index contributed by atoms with van der Waals surface area (Å²) in [5.41, 5.74) is 0. The monoisotopic (exact) mass is 672 g/mol. The van der Waals surface area contributed by atoms with Crippen molar-refractivity contribution in [2.45, 2.75) is 206 Å². The van der Waals surface area contributed by atoms with E-state index in [2.05, 4.69) is 32.7 Å². The molecule has 0 amide bonds. The molecular weight excluding hydrogens is 591 g/mol. The lowest BCUT2D eigenvalue weighted by atomic mass is 9.94. The quantitative estimate of drug-likeness (QED) is 0.0506. The van der Waals surface area contributed by atoms with Crippen molar-refractivity contribution in [3.63, 3.8) is 0 Å². The van der Waals surface area contributed by atoms with Crippen LogP contribution in [0.25, 0.3) is 0 Å². The fourth-order valence-corrected chi connectivity index (χ4v) is 7.44. The average Bonchev–Trinajstić information content (AvgIpc) is 3.05. The highest BCUT2D eigenvalue weighted by atomic mass is 32.2. The van der Waals surface area contributed by atoms with Crippen molar-refractivity contribution in [1.29, 1.82) is 0 Å². The number of rotatable bonds is 37. The van der Waals surface area contributed by atoms with Gasteiger partial charge in [-0.05, 0) is 77.1 Å². The Morgan fingerprint density at radius 2 is 1.13 bits per heavy atom. The Bertz CT molecular complexity index is 622. The minimum Gasteiger partial charge on any atom is -0.465 e. The maximum atomic E-state index is 13.0. The molecule has 6 heteroatoms. The van der Waals surface area contributed by atoms with E-state index in [1.165, 1.54) is 109 Å². The van der Waals surface area contributed by atoms with Crippen LogP contribution in [0.5, 0.6) is 0 Å². The number of aliphatic hydroxyl groups is 2. The summed E-state index contributed by atoms with van der Waals surface area (Å²) in [6.07, 6.45) is 31.6. The SMILES string of the molecule is CCCCCCCCC(CCCCCC)C(=O)OCCCCCC(CCCCCSCC(O)CCCCCC)N(C)CCCCO. The molecule has 0 rings (SSSR count). The summed E-state index contributed by atoms with van der Waals surface area (Å²) in [6, 6.07) is 0.587. The van der Waals surface area contributed by atoms with Gasteiger partial charge in [-0.15, -0.1) is 0 Å². The second-order valence-corrected chi connectivity index (χ2v) is 15.3. The third kappa shape index (κ3) is 29.8. The molecule has 0 saturated heterocycles. The first-order valence-electron chi connectivity index (χ1n) is 20.2. The summed E-state index contributed by atoms with van der Waals surface area (Å²) < 4.78 is 5.84. The fraction of sp³-hybridized carbons (Fsp3) is 0.975. The van der Waals surface area contributed by atoms with Crippen LogP contribution in [-0.4, -0.2) is 71.5 Å². The van der Waals surface area contributed by atoms with Gasteiger partial charge in [0.05, 0.1) is 18.6 Å². The van der Waals surface area contributed by atoms with Crippen molar-refractivity contribution in [2.75, 3.05) is 38.3 Å². The highest BCUT2D eigenvalue weighted by molar-refractivity contribution is 7.99. The van der Waals surface area contributed by atoms with Crippen molar-refractivity contribution in [3.05, 3.63) is 0 Å². The highest BCUT2D eigenvalue weighted by Crippen LogP contribution is 2.22. The van der Waals surface area contributed by atoms with Gasteiger partial charge in [-0.2, -0.15) is 11.8 Å². The van der Waals surface area contributed by atoms with Crippen LogP contribution in [0.3, 0.4) is 0 Å². The second kappa shape index (κ2) is 36.0. The lowest BCUT2D eigenvalue weighted by Gasteiger charge is -2.28. The van der Waals surface area contributed by atoms with Gasteiger partial charge in [0.25, 0.3) is 0 Å². The number of ether oxygens (including phenoxy) is 1. The summed E-state index contributed by atoms with van der Waals surface area (Å²) in [5.74, 6) is 2.20. The van der Waals surface area contributed by atoms with Crippen LogP contribution in [0.15, 0.2) is 0 Å². The van der Waals surface area contributed by atoms with E-state index in [1.807, 2.05) is 11.8 Å². The van der Waals surface area contributed by atoms with Crippen molar-refractivity contribution in [2.24, 2.45) is 5.92 Å². The molecule has 0 aliphatic rings. The van der Waals surface area contributed by atoms with Gasteiger partial charge in [-0.25, -0.2) is 0 Å². The van der Waals surface area contributed by atoms with Crippen LogP contribution in [-0.2, 0) is 9.53 Å². The van der Waals surface area contributed by atoms with E-state index in [1.54, 1.807) is 0 Å². The number of unbranched alkanes of at least 4 members (excludes halogenated alkanes) is 16. The number of thioether (sulfide) groups is 1. The van der Waals surface area contributed by atoms with E-state index in [0.29, 0.717) is 12.6 Å². The predicted octanol–water partition coefficient (Wildman–Crippen LogP) is 11.1. The van der Waals surface area contributed by atoms with Crippen molar-refractivity contribution in [1.82, 2.24) is 4.90 Å². The van der Waals surface area contributed by atoms with Gasteiger partial charge in [0, 0.05) is 18.4 Å². The van der Waals surface area contributed by atoms with E-state index in [0.717, 1.165) is 82.3 Å². The van der Waals surface area contributed by atoms with Crippen molar-refractivity contribution < 1.29 is 19.7 Å². The van der Waals surface area contributed by atoms with Crippen molar-refractivity contribution in [3.8, 4) is 0 Å². The van der Waals surface area contributed by atoms with E-state index in [9.17, 15) is 15.0 Å². The van der Waals surface area contributed by atoms with Crippen LogP contribution < -0.4 is 0 Å². The van der Waals surface area contributed by atoms with E-state index in [-0.39, 0.29) is 24.6 Å². The number of carbonyl (C=O) groups excluding carboxylic acids is 1. The predicted molar refractivity (Wildman–Crippen MR) is 203 cm³/mol. The molecule has 0 fully saturated rings. The second-order valence-electron chi connectivity index (χ2n) is 14.1. The zero-order valence-electron chi connectivity index (χ0n) is 31.4. The molecule has 0 spiro atoms. The molecule has 5 nitrogen and oxygen atoms in total. The first-order valence-corrected chi connectivity index (χ1v) is 21.4. The molecule has 0 aromatic carbocycles. The summed E-state index contributed by atoms with van der Waals surface area (Å²) in [6.45, 7) is 8.63. The molecule has 3 unspecified atom stereocenters. The standard InChI is InChI=1S/C40H81NO4S/c1-5-8-11-14-15-19-28-37(27-18-12-9-6-2)40(44)45-34-25-16-20-29-38(41(4)32-23-24-33-42)30-21-17-26-35-46-36-39(43)31-22-13-10-7-3/h37-39,42-43H,5-36H2,1-4H3. The maximum absolute atomic E-state index is 13.0. The van der Waals surface area contributed by atoms with Gasteiger partial charge in [-0.1, -0.05) is 136 Å². The molecular formula is C40H81NO4S. The number of aliphatic hydroxyl groups excluding tert-OH is 2. The molecule has 276 valence electrons. The normalized spacial score (nSPS) is 13.7. The zero-order valence-corrected chi connectivity index (χ0v) is 32.2. The third-order valence-electron chi connectivity index (χ3n) is 9.64. The molecule has 0 aliphatic heterocycles. The molecule has 0 radical (unpaired) electrons. The molecule has 0 aliphatic carbocycles. The molecule has 46 heavy (non-hydrogen) atoms. The topological polar surface area (TPSA) is 70.0 Å². The molecule has 0 heterocycles. The molecule has 0 bridgehead atoms. The van der Waals surface area contributed by atoms with Gasteiger partial charge < -0.3 is 19.8 Å². The lowest BCUT2D eigenvalue weighted by Crippen LogP contribution is -2.32. The minimum atomic E-state index is -0.135. The van der Waals surface area contributed by atoms with Gasteiger partial charge in [0.1, 0.15) is 0 Å². The van der Waals surface area contributed by atoms with E-state index < -0.39 is 0 Å². The highest BCUT2D eigenvalue weighted by Gasteiger charge is 2.19. The van der Waals surface area contributed by atoms with Gasteiger partial charge in [0.15, 0.2) is 0 Å². The molecule has 3 atom stereocenters. The summed E-state index contributed by atoms with van der Waals surface area (Å²) in [5, 5.41) is 19.4. The van der Waals surface area contributed by atoms with Crippen LogP contribution in [0.1, 0.15) is 194 Å². The summed E-state index contributed by atoms with van der Waals surface area (Å²) >= 11 is 1.92. The maximum Gasteiger partial charge on any atom is 0.308 e. The van der Waals surface area contributed by atoms with Crippen LogP contribution in [0.4, 0.5) is 0 Å². The first-order chi connectivity index (χ1) is 22.5. The lowest BCUT2D eigenvalue weighted by molar-refractivity contribution is -0.149. The number of hydrogen-bond donors (Lipinski definition) is 2.